The third kappa shape index (κ3) is 4.56. The number of anilines is 1. The van der Waals surface area contributed by atoms with Gasteiger partial charge in [-0.1, -0.05) is 26.0 Å². The van der Waals surface area contributed by atoms with E-state index in [0.29, 0.717) is 25.1 Å². The number of carbonyl (C=O) groups excluding carboxylic acids is 1. The summed E-state index contributed by atoms with van der Waals surface area (Å²) in [6.07, 6.45) is 5.01. The molecule has 0 fully saturated rings. The Labute approximate surface area is 136 Å². The lowest BCUT2D eigenvalue weighted by atomic mass is 9.94. The first-order valence-corrected chi connectivity index (χ1v) is 7.87. The lowest BCUT2D eigenvalue weighted by molar-refractivity contribution is 0.155. The molecular formula is C17H24N4O2. The second-order valence-corrected chi connectivity index (χ2v) is 5.63. The normalized spacial score (nSPS) is 11.3. The molecular weight excluding hydrogens is 292 g/mol. The van der Waals surface area contributed by atoms with Gasteiger partial charge in [0.15, 0.2) is 0 Å². The fourth-order valence-corrected chi connectivity index (χ4v) is 2.37. The molecule has 6 heteroatoms. The monoisotopic (exact) mass is 316 g/mol. The molecule has 0 radical (unpaired) electrons. The summed E-state index contributed by atoms with van der Waals surface area (Å²) in [5, 5.41) is 19.3. The molecule has 3 N–H and O–H groups in total. The summed E-state index contributed by atoms with van der Waals surface area (Å²) < 4.78 is 1.84. The zero-order valence-corrected chi connectivity index (χ0v) is 13.6. The second kappa shape index (κ2) is 7.78. The van der Waals surface area contributed by atoms with Gasteiger partial charge in [-0.2, -0.15) is 5.10 Å². The Balaban J connectivity index is 1.93. The maximum absolute atomic E-state index is 12.1. The number of carbonyl (C=O) groups is 1. The Kier molecular flexibility index (Phi) is 5.76. The third-order valence-electron chi connectivity index (χ3n) is 4.15. The number of benzene rings is 1. The number of rotatable bonds is 7. The minimum Gasteiger partial charge on any atom is -0.394 e. The highest BCUT2D eigenvalue weighted by molar-refractivity contribution is 5.89. The minimum atomic E-state index is -0.565. The van der Waals surface area contributed by atoms with E-state index in [1.807, 2.05) is 55.1 Å². The summed E-state index contributed by atoms with van der Waals surface area (Å²) >= 11 is 0. The maximum Gasteiger partial charge on any atom is 0.319 e. The van der Waals surface area contributed by atoms with Gasteiger partial charge in [0.05, 0.1) is 18.7 Å². The van der Waals surface area contributed by atoms with Crippen LogP contribution < -0.4 is 10.6 Å². The van der Waals surface area contributed by atoms with Crippen molar-refractivity contribution in [3.63, 3.8) is 0 Å². The van der Waals surface area contributed by atoms with Gasteiger partial charge in [-0.05, 0) is 36.6 Å². The number of hydrogen-bond acceptors (Lipinski definition) is 3. The van der Waals surface area contributed by atoms with Crippen LogP contribution in [0.4, 0.5) is 10.5 Å². The minimum absolute atomic E-state index is 0.0732. The number of nitrogens with one attached hydrogen (secondary N) is 2. The van der Waals surface area contributed by atoms with Crippen molar-refractivity contribution in [2.24, 2.45) is 0 Å². The second-order valence-electron chi connectivity index (χ2n) is 5.63. The number of aliphatic hydroxyl groups is 1. The van der Waals surface area contributed by atoms with Crippen LogP contribution in [0.2, 0.25) is 0 Å². The Hall–Kier alpha value is -2.34. The van der Waals surface area contributed by atoms with E-state index in [2.05, 4.69) is 15.7 Å². The summed E-state index contributed by atoms with van der Waals surface area (Å²) in [5.41, 5.74) is 1.25. The van der Waals surface area contributed by atoms with E-state index < -0.39 is 5.54 Å². The predicted octanol–water partition coefficient (Wildman–Crippen LogP) is 2.60. The predicted molar refractivity (Wildman–Crippen MR) is 90.3 cm³/mol. The average molecular weight is 316 g/mol. The Morgan fingerprint density at radius 3 is 2.48 bits per heavy atom. The first kappa shape index (κ1) is 17.0. The maximum atomic E-state index is 12.1. The SMILES string of the molecule is CCC(CC)(CO)NC(=O)Nc1ccc(Cn2cccn2)cc1. The lowest BCUT2D eigenvalue weighted by Gasteiger charge is -2.30. The molecule has 1 aromatic heterocycles. The molecule has 2 rings (SSSR count). The number of aliphatic hydroxyl groups excluding tert-OH is 1. The average Bonchev–Trinajstić information content (AvgIpc) is 3.07. The van der Waals surface area contributed by atoms with E-state index in [0.717, 1.165) is 5.56 Å². The zero-order chi connectivity index (χ0) is 16.7. The van der Waals surface area contributed by atoms with Gasteiger partial charge in [0.2, 0.25) is 0 Å². The van der Waals surface area contributed by atoms with Crippen molar-refractivity contribution < 1.29 is 9.90 Å². The molecule has 0 spiro atoms. The van der Waals surface area contributed by atoms with Crippen LogP contribution in [-0.4, -0.2) is 33.1 Å². The topological polar surface area (TPSA) is 79.2 Å². The van der Waals surface area contributed by atoms with Crippen LogP contribution in [0.3, 0.4) is 0 Å². The van der Waals surface area contributed by atoms with Gasteiger partial charge in [-0.15, -0.1) is 0 Å². The van der Waals surface area contributed by atoms with Gasteiger partial charge < -0.3 is 15.7 Å². The van der Waals surface area contributed by atoms with Crippen molar-refractivity contribution in [1.82, 2.24) is 15.1 Å². The first-order chi connectivity index (χ1) is 11.1. The summed E-state index contributed by atoms with van der Waals surface area (Å²) in [7, 11) is 0. The molecule has 124 valence electrons. The van der Waals surface area contributed by atoms with Crippen LogP contribution in [0.1, 0.15) is 32.3 Å². The lowest BCUT2D eigenvalue weighted by Crippen LogP contribution is -2.51. The fourth-order valence-electron chi connectivity index (χ4n) is 2.37. The molecule has 0 aliphatic heterocycles. The van der Waals surface area contributed by atoms with Gasteiger partial charge in [-0.3, -0.25) is 4.68 Å². The van der Waals surface area contributed by atoms with Crippen molar-refractivity contribution in [3.05, 3.63) is 48.3 Å². The smallest absolute Gasteiger partial charge is 0.319 e. The van der Waals surface area contributed by atoms with Gasteiger partial charge >= 0.3 is 6.03 Å². The van der Waals surface area contributed by atoms with E-state index >= 15 is 0 Å². The van der Waals surface area contributed by atoms with Gasteiger partial charge in [0.1, 0.15) is 0 Å². The van der Waals surface area contributed by atoms with E-state index in [9.17, 15) is 9.90 Å². The number of amides is 2. The quantitative estimate of drug-likeness (QED) is 0.734. The van der Waals surface area contributed by atoms with Crippen LogP contribution >= 0.6 is 0 Å². The molecule has 23 heavy (non-hydrogen) atoms. The Morgan fingerprint density at radius 2 is 1.96 bits per heavy atom. The highest BCUT2D eigenvalue weighted by Crippen LogP contribution is 2.15. The molecule has 0 aliphatic rings. The largest absolute Gasteiger partial charge is 0.394 e. The van der Waals surface area contributed by atoms with Crippen molar-refractivity contribution >= 4 is 11.7 Å². The molecule has 0 bridgehead atoms. The molecule has 0 saturated carbocycles. The van der Waals surface area contributed by atoms with Gasteiger partial charge in [0.25, 0.3) is 0 Å². The highest BCUT2D eigenvalue weighted by Gasteiger charge is 2.27. The van der Waals surface area contributed by atoms with Crippen LogP contribution in [0.5, 0.6) is 0 Å². The number of aromatic nitrogens is 2. The number of hydrogen-bond donors (Lipinski definition) is 3. The van der Waals surface area contributed by atoms with Crippen LogP contribution in [-0.2, 0) is 6.54 Å². The van der Waals surface area contributed by atoms with Crippen LogP contribution in [0.25, 0.3) is 0 Å². The van der Waals surface area contributed by atoms with Gasteiger partial charge in [-0.25, -0.2) is 4.79 Å². The number of nitrogens with zero attached hydrogens (tertiary/aromatic N) is 2. The molecule has 0 aliphatic carbocycles. The number of urea groups is 1. The van der Waals surface area contributed by atoms with Crippen molar-refractivity contribution in [3.8, 4) is 0 Å². The van der Waals surface area contributed by atoms with E-state index in [1.54, 1.807) is 6.20 Å². The molecule has 0 unspecified atom stereocenters. The molecule has 0 saturated heterocycles. The van der Waals surface area contributed by atoms with Crippen molar-refractivity contribution in [2.75, 3.05) is 11.9 Å². The molecule has 1 aromatic carbocycles. The summed E-state index contributed by atoms with van der Waals surface area (Å²) in [5.74, 6) is 0. The standard InChI is InChI=1S/C17H24N4O2/c1-3-17(4-2,13-22)20-16(23)19-15-8-6-14(7-9-15)12-21-11-5-10-18-21/h5-11,22H,3-4,12-13H2,1-2H3,(H2,19,20,23). The molecule has 2 aromatic rings. The molecule has 6 nitrogen and oxygen atoms in total. The molecule has 0 atom stereocenters. The third-order valence-corrected chi connectivity index (χ3v) is 4.15. The summed E-state index contributed by atoms with van der Waals surface area (Å²) in [6, 6.07) is 9.21. The van der Waals surface area contributed by atoms with Crippen molar-refractivity contribution in [1.29, 1.82) is 0 Å². The van der Waals surface area contributed by atoms with E-state index in [4.69, 9.17) is 0 Å². The summed E-state index contributed by atoms with van der Waals surface area (Å²) in [4.78, 5) is 12.1. The van der Waals surface area contributed by atoms with Crippen molar-refractivity contribution in [2.45, 2.75) is 38.8 Å². The van der Waals surface area contributed by atoms with E-state index in [1.165, 1.54) is 0 Å². The van der Waals surface area contributed by atoms with Crippen LogP contribution in [0.15, 0.2) is 42.7 Å². The fraction of sp³-hybridized carbons (Fsp3) is 0.412. The molecule has 2 amide bonds. The molecule has 1 heterocycles. The first-order valence-electron chi connectivity index (χ1n) is 7.87. The Bertz CT molecular complexity index is 596. The zero-order valence-electron chi connectivity index (χ0n) is 13.6. The van der Waals surface area contributed by atoms with Gasteiger partial charge in [0, 0.05) is 18.1 Å². The summed E-state index contributed by atoms with van der Waals surface area (Å²) in [6.45, 7) is 4.52. The highest BCUT2D eigenvalue weighted by atomic mass is 16.3. The Morgan fingerprint density at radius 1 is 1.26 bits per heavy atom. The van der Waals surface area contributed by atoms with E-state index in [-0.39, 0.29) is 12.6 Å². The van der Waals surface area contributed by atoms with Crippen LogP contribution in [0, 0.1) is 0 Å².